The number of β-amino-alcohol motifs (C(OH)–C–C–N with tert-alkyl or cyclic N) is 1. The first-order valence-corrected chi connectivity index (χ1v) is 7.96. The van der Waals surface area contributed by atoms with Gasteiger partial charge in [-0.25, -0.2) is 0 Å². The van der Waals surface area contributed by atoms with Crippen LogP contribution in [0, 0.1) is 0 Å². The van der Waals surface area contributed by atoms with Crippen molar-refractivity contribution < 1.29 is 5.11 Å². The monoisotopic (exact) mass is 245 g/mol. The van der Waals surface area contributed by atoms with E-state index in [0.29, 0.717) is 0 Å². The van der Waals surface area contributed by atoms with Crippen LogP contribution < -0.4 is 0 Å². The van der Waals surface area contributed by atoms with Crippen LogP contribution in [0.25, 0.3) is 0 Å². The molecule has 1 N–H and O–H groups in total. The van der Waals surface area contributed by atoms with E-state index in [1.165, 1.54) is 57.4 Å². The van der Waals surface area contributed by atoms with Crippen molar-refractivity contribution in [1.82, 2.24) is 4.90 Å². The van der Waals surface area contributed by atoms with E-state index < -0.39 is 0 Å². The summed E-state index contributed by atoms with van der Waals surface area (Å²) in [6.45, 7) is 5.49. The molecule has 96 valence electrons. The van der Waals surface area contributed by atoms with Gasteiger partial charge >= 0.3 is 0 Å². The molecule has 1 atom stereocenters. The highest BCUT2D eigenvalue weighted by Crippen LogP contribution is 2.12. The molecule has 1 aliphatic rings. The molecule has 0 radical (unpaired) electrons. The molecule has 2 nitrogen and oxygen atoms in total. The second kappa shape index (κ2) is 9.32. The van der Waals surface area contributed by atoms with E-state index in [-0.39, 0.29) is 6.10 Å². The summed E-state index contributed by atoms with van der Waals surface area (Å²) in [4.78, 5) is 2.44. The number of likely N-dealkylation sites (tertiary alicyclic amines) is 1. The van der Waals surface area contributed by atoms with E-state index in [9.17, 15) is 5.11 Å². The smallest absolute Gasteiger partial charge is 0.0757 e. The molecule has 16 heavy (non-hydrogen) atoms. The molecule has 0 spiro atoms. The van der Waals surface area contributed by atoms with Gasteiger partial charge in [0.15, 0.2) is 0 Å². The number of thioether (sulfide) groups is 1. The summed E-state index contributed by atoms with van der Waals surface area (Å²) >= 11 is 1.90. The molecule has 0 amide bonds. The van der Waals surface area contributed by atoms with Gasteiger partial charge in [0.2, 0.25) is 0 Å². The van der Waals surface area contributed by atoms with Crippen LogP contribution in [0.5, 0.6) is 0 Å². The molecular formula is C13H27NOS. The van der Waals surface area contributed by atoms with Gasteiger partial charge in [0.1, 0.15) is 0 Å². The van der Waals surface area contributed by atoms with Crippen molar-refractivity contribution in [2.24, 2.45) is 0 Å². The third-order valence-corrected chi connectivity index (χ3v) is 4.32. The maximum Gasteiger partial charge on any atom is 0.0757 e. The van der Waals surface area contributed by atoms with Crippen molar-refractivity contribution in [3.05, 3.63) is 0 Å². The van der Waals surface area contributed by atoms with E-state index in [1.54, 1.807) is 0 Å². The van der Waals surface area contributed by atoms with Gasteiger partial charge in [0.25, 0.3) is 0 Å². The molecule has 3 heteroatoms. The van der Waals surface area contributed by atoms with Crippen LogP contribution in [0.15, 0.2) is 0 Å². The summed E-state index contributed by atoms with van der Waals surface area (Å²) in [5.41, 5.74) is 0. The topological polar surface area (TPSA) is 23.5 Å². The number of hydrogen-bond donors (Lipinski definition) is 1. The minimum atomic E-state index is -0.125. The summed E-state index contributed by atoms with van der Waals surface area (Å²) < 4.78 is 0. The lowest BCUT2D eigenvalue weighted by atomic mass is 10.2. The molecule has 0 saturated carbocycles. The Morgan fingerprint density at radius 1 is 1.19 bits per heavy atom. The molecule has 0 bridgehead atoms. The van der Waals surface area contributed by atoms with Gasteiger partial charge < -0.3 is 10.0 Å². The largest absolute Gasteiger partial charge is 0.391 e. The number of nitrogens with zero attached hydrogens (tertiary/aromatic N) is 1. The molecule has 1 fully saturated rings. The maximum atomic E-state index is 9.93. The quantitative estimate of drug-likeness (QED) is 0.698. The molecule has 0 aromatic carbocycles. The van der Waals surface area contributed by atoms with Crippen LogP contribution in [-0.2, 0) is 0 Å². The van der Waals surface area contributed by atoms with E-state index in [1.807, 2.05) is 11.8 Å². The summed E-state index contributed by atoms with van der Waals surface area (Å²) in [6.07, 6.45) is 7.79. The van der Waals surface area contributed by atoms with E-state index in [4.69, 9.17) is 0 Å². The van der Waals surface area contributed by atoms with Gasteiger partial charge in [-0.15, -0.1) is 0 Å². The van der Waals surface area contributed by atoms with Crippen LogP contribution >= 0.6 is 11.8 Å². The fourth-order valence-corrected chi connectivity index (χ4v) is 3.17. The Kier molecular flexibility index (Phi) is 8.34. The number of unbranched alkanes of at least 4 members (excludes halogenated alkanes) is 1. The van der Waals surface area contributed by atoms with Crippen molar-refractivity contribution in [1.29, 1.82) is 0 Å². The Balaban J connectivity index is 2.04. The lowest BCUT2D eigenvalue weighted by Crippen LogP contribution is -2.34. The second-order valence-electron chi connectivity index (χ2n) is 4.80. The predicted octanol–water partition coefficient (Wildman–Crippen LogP) is 2.76. The molecule has 1 aliphatic heterocycles. The van der Waals surface area contributed by atoms with Crippen molar-refractivity contribution in [2.45, 2.75) is 51.6 Å². The third-order valence-electron chi connectivity index (χ3n) is 3.12. The molecule has 0 aromatic rings. The second-order valence-corrected chi connectivity index (χ2v) is 5.95. The fourth-order valence-electron chi connectivity index (χ4n) is 2.14. The first kappa shape index (κ1) is 14.3. The highest BCUT2D eigenvalue weighted by molar-refractivity contribution is 7.99. The van der Waals surface area contributed by atoms with Crippen molar-refractivity contribution in [3.8, 4) is 0 Å². The van der Waals surface area contributed by atoms with Gasteiger partial charge in [0.05, 0.1) is 6.10 Å². The van der Waals surface area contributed by atoms with Crippen LogP contribution in [0.3, 0.4) is 0 Å². The Bertz CT molecular complexity index is 158. The normalized spacial score (nSPS) is 20.6. The number of rotatable bonds is 7. The van der Waals surface area contributed by atoms with E-state index in [2.05, 4.69) is 11.8 Å². The fraction of sp³-hybridized carbons (Fsp3) is 1.00. The average Bonchev–Trinajstić information content (AvgIpc) is 2.53. The Morgan fingerprint density at radius 2 is 1.88 bits per heavy atom. The molecule has 1 heterocycles. The zero-order valence-corrected chi connectivity index (χ0v) is 11.5. The average molecular weight is 245 g/mol. The Morgan fingerprint density at radius 3 is 2.50 bits per heavy atom. The van der Waals surface area contributed by atoms with Crippen LogP contribution in [0.1, 0.15) is 45.4 Å². The Hall–Kier alpha value is 0.270. The molecule has 0 aliphatic carbocycles. The highest BCUT2D eigenvalue weighted by Gasteiger charge is 2.13. The van der Waals surface area contributed by atoms with Crippen LogP contribution in [0.4, 0.5) is 0 Å². The van der Waals surface area contributed by atoms with Crippen molar-refractivity contribution in [2.75, 3.05) is 31.1 Å². The first-order chi connectivity index (χ1) is 7.83. The number of aliphatic hydroxyl groups is 1. The molecule has 1 saturated heterocycles. The number of hydrogen-bond acceptors (Lipinski definition) is 3. The predicted molar refractivity (Wildman–Crippen MR) is 73.1 cm³/mol. The van der Waals surface area contributed by atoms with Gasteiger partial charge in [-0.05, 0) is 38.1 Å². The summed E-state index contributed by atoms with van der Waals surface area (Å²) in [7, 11) is 0. The third kappa shape index (κ3) is 6.77. The summed E-state index contributed by atoms with van der Waals surface area (Å²) in [6, 6.07) is 0. The van der Waals surface area contributed by atoms with E-state index >= 15 is 0 Å². The van der Waals surface area contributed by atoms with Gasteiger partial charge in [-0.3, -0.25) is 0 Å². The summed E-state index contributed by atoms with van der Waals surface area (Å²) in [5.74, 6) is 2.12. The lowest BCUT2D eigenvalue weighted by Gasteiger charge is -2.22. The van der Waals surface area contributed by atoms with Crippen molar-refractivity contribution in [3.63, 3.8) is 0 Å². The molecule has 1 rings (SSSR count). The molecule has 0 aromatic heterocycles. The maximum absolute atomic E-state index is 9.93. The van der Waals surface area contributed by atoms with Crippen LogP contribution in [0.2, 0.25) is 0 Å². The van der Waals surface area contributed by atoms with Crippen LogP contribution in [-0.4, -0.2) is 47.3 Å². The molecule has 0 unspecified atom stereocenters. The SMILES string of the molecule is CCCCSC[C@@H](O)CN1CCCCCC1. The van der Waals surface area contributed by atoms with E-state index in [0.717, 1.165) is 12.3 Å². The van der Waals surface area contributed by atoms with Gasteiger partial charge in [-0.1, -0.05) is 26.2 Å². The minimum absolute atomic E-state index is 0.125. The zero-order valence-electron chi connectivity index (χ0n) is 10.7. The van der Waals surface area contributed by atoms with Gasteiger partial charge in [-0.2, -0.15) is 11.8 Å². The molecular weight excluding hydrogens is 218 g/mol. The first-order valence-electron chi connectivity index (χ1n) is 6.81. The lowest BCUT2D eigenvalue weighted by molar-refractivity contribution is 0.132. The van der Waals surface area contributed by atoms with Gasteiger partial charge in [0, 0.05) is 12.3 Å². The minimum Gasteiger partial charge on any atom is -0.391 e. The number of aliphatic hydroxyl groups excluding tert-OH is 1. The van der Waals surface area contributed by atoms with Crippen molar-refractivity contribution >= 4 is 11.8 Å². The summed E-state index contributed by atoms with van der Waals surface area (Å²) in [5, 5.41) is 9.93. The standard InChI is InChI=1S/C13H27NOS/c1-2-3-10-16-12-13(15)11-14-8-6-4-5-7-9-14/h13,15H,2-12H2,1H3/t13-/m0/s1. The highest BCUT2D eigenvalue weighted by atomic mass is 32.2. The Labute approximate surface area is 105 Å². The zero-order chi connectivity index (χ0) is 11.6.